The molecule has 0 amide bonds. The number of benzene rings is 1. The SMILES string of the molecule is CSOCc1c(Cl)cccc1Cl. The van der Waals surface area contributed by atoms with Crippen molar-refractivity contribution in [3.63, 3.8) is 0 Å². The van der Waals surface area contributed by atoms with Gasteiger partial charge in [-0.25, -0.2) is 0 Å². The van der Waals surface area contributed by atoms with Crippen molar-refractivity contribution in [3.8, 4) is 0 Å². The molecule has 4 heteroatoms. The molecule has 0 spiro atoms. The van der Waals surface area contributed by atoms with Crippen molar-refractivity contribution < 1.29 is 4.18 Å². The number of hydrogen-bond donors (Lipinski definition) is 0. The van der Waals surface area contributed by atoms with Crippen LogP contribution in [0, 0.1) is 0 Å². The molecule has 0 aliphatic heterocycles. The zero-order chi connectivity index (χ0) is 8.97. The molecular weight excluding hydrogens is 215 g/mol. The summed E-state index contributed by atoms with van der Waals surface area (Å²) >= 11 is 13.1. The smallest absolute Gasteiger partial charge is 0.0893 e. The third-order valence-corrected chi connectivity index (χ3v) is 2.44. The van der Waals surface area contributed by atoms with E-state index in [-0.39, 0.29) is 0 Å². The van der Waals surface area contributed by atoms with Crippen molar-refractivity contribution >= 4 is 35.2 Å². The Morgan fingerprint density at radius 2 is 1.92 bits per heavy atom. The first-order chi connectivity index (χ1) is 5.75. The summed E-state index contributed by atoms with van der Waals surface area (Å²) in [4.78, 5) is 0. The van der Waals surface area contributed by atoms with Crippen LogP contribution in [0.5, 0.6) is 0 Å². The molecule has 0 bridgehead atoms. The number of halogens is 2. The Kier molecular flexibility index (Phi) is 4.22. The Balaban J connectivity index is 2.81. The van der Waals surface area contributed by atoms with Crippen molar-refractivity contribution in [3.05, 3.63) is 33.8 Å². The summed E-state index contributed by atoms with van der Waals surface area (Å²) in [6.07, 6.45) is 1.85. The first kappa shape index (κ1) is 10.2. The summed E-state index contributed by atoms with van der Waals surface area (Å²) < 4.78 is 5.13. The molecule has 0 aliphatic rings. The molecule has 66 valence electrons. The van der Waals surface area contributed by atoms with Crippen LogP contribution in [-0.4, -0.2) is 6.26 Å². The summed E-state index contributed by atoms with van der Waals surface area (Å²) in [6, 6.07) is 5.41. The minimum Gasteiger partial charge on any atom is -0.311 e. The van der Waals surface area contributed by atoms with Crippen LogP contribution in [0.3, 0.4) is 0 Å². The van der Waals surface area contributed by atoms with Gasteiger partial charge < -0.3 is 4.18 Å². The lowest BCUT2D eigenvalue weighted by Gasteiger charge is -2.04. The Bertz CT molecular complexity index is 245. The molecule has 0 unspecified atom stereocenters. The summed E-state index contributed by atoms with van der Waals surface area (Å²) in [7, 11) is 0. The van der Waals surface area contributed by atoms with E-state index in [1.807, 2.05) is 12.3 Å². The monoisotopic (exact) mass is 222 g/mol. The van der Waals surface area contributed by atoms with Crippen LogP contribution in [0.15, 0.2) is 18.2 Å². The molecule has 1 aromatic rings. The average molecular weight is 223 g/mol. The lowest BCUT2D eigenvalue weighted by Crippen LogP contribution is -1.88. The normalized spacial score (nSPS) is 10.2. The van der Waals surface area contributed by atoms with Gasteiger partial charge in [0.2, 0.25) is 0 Å². The molecule has 0 atom stereocenters. The molecule has 0 N–H and O–H groups in total. The fourth-order valence-electron chi connectivity index (χ4n) is 0.788. The molecule has 12 heavy (non-hydrogen) atoms. The van der Waals surface area contributed by atoms with E-state index in [1.54, 1.807) is 12.1 Å². The summed E-state index contributed by atoms with van der Waals surface area (Å²) in [5, 5.41) is 1.30. The van der Waals surface area contributed by atoms with Crippen molar-refractivity contribution in [2.45, 2.75) is 6.61 Å². The van der Waals surface area contributed by atoms with Gasteiger partial charge in [-0.15, -0.1) is 0 Å². The van der Waals surface area contributed by atoms with Gasteiger partial charge in [-0.2, -0.15) is 0 Å². The molecule has 0 saturated heterocycles. The van der Waals surface area contributed by atoms with E-state index in [0.717, 1.165) is 5.56 Å². The predicted octanol–water partition coefficient (Wildman–Crippen LogP) is 3.79. The summed E-state index contributed by atoms with van der Waals surface area (Å²) in [5.41, 5.74) is 0.843. The minimum absolute atomic E-state index is 0.444. The Morgan fingerprint density at radius 3 is 2.42 bits per heavy atom. The van der Waals surface area contributed by atoms with Gasteiger partial charge in [0, 0.05) is 21.9 Å². The van der Waals surface area contributed by atoms with Gasteiger partial charge in [-0.05, 0) is 24.2 Å². The van der Waals surface area contributed by atoms with E-state index in [2.05, 4.69) is 0 Å². The summed E-state index contributed by atoms with van der Waals surface area (Å²) in [5.74, 6) is 0. The van der Waals surface area contributed by atoms with E-state index < -0.39 is 0 Å². The van der Waals surface area contributed by atoms with Crippen LogP contribution in [0.4, 0.5) is 0 Å². The number of hydrogen-bond acceptors (Lipinski definition) is 2. The van der Waals surface area contributed by atoms with Gasteiger partial charge in [0.25, 0.3) is 0 Å². The second-order valence-electron chi connectivity index (χ2n) is 2.13. The molecule has 0 heterocycles. The molecular formula is C8H8Cl2OS. The first-order valence-electron chi connectivity index (χ1n) is 3.34. The van der Waals surface area contributed by atoms with Crippen molar-refractivity contribution in [1.82, 2.24) is 0 Å². The number of rotatable bonds is 3. The Morgan fingerprint density at radius 1 is 1.33 bits per heavy atom. The van der Waals surface area contributed by atoms with Gasteiger partial charge in [0.15, 0.2) is 0 Å². The van der Waals surface area contributed by atoms with E-state index in [1.165, 1.54) is 12.0 Å². The van der Waals surface area contributed by atoms with E-state index in [9.17, 15) is 0 Å². The van der Waals surface area contributed by atoms with E-state index >= 15 is 0 Å². The fraction of sp³-hybridized carbons (Fsp3) is 0.250. The Hall–Kier alpha value is 0.110. The lowest BCUT2D eigenvalue weighted by molar-refractivity contribution is 0.366. The van der Waals surface area contributed by atoms with Gasteiger partial charge in [0.1, 0.15) is 0 Å². The van der Waals surface area contributed by atoms with Gasteiger partial charge in [0.05, 0.1) is 6.61 Å². The van der Waals surface area contributed by atoms with Crippen LogP contribution >= 0.6 is 35.2 Å². The lowest BCUT2D eigenvalue weighted by atomic mass is 10.2. The largest absolute Gasteiger partial charge is 0.311 e. The maximum atomic E-state index is 5.89. The molecule has 0 aromatic heterocycles. The Labute approximate surface area is 86.2 Å². The highest BCUT2D eigenvalue weighted by Crippen LogP contribution is 2.25. The van der Waals surface area contributed by atoms with Crippen molar-refractivity contribution in [1.29, 1.82) is 0 Å². The molecule has 0 radical (unpaired) electrons. The topological polar surface area (TPSA) is 9.23 Å². The quantitative estimate of drug-likeness (QED) is 0.721. The zero-order valence-corrected chi connectivity index (χ0v) is 8.84. The third kappa shape index (κ3) is 2.56. The highest BCUT2D eigenvalue weighted by molar-refractivity contribution is 7.93. The van der Waals surface area contributed by atoms with Crippen LogP contribution in [0.2, 0.25) is 10.0 Å². The summed E-state index contributed by atoms with van der Waals surface area (Å²) in [6.45, 7) is 0.444. The standard InChI is InChI=1S/C8H8Cl2OS/c1-12-11-5-6-7(9)3-2-4-8(6)10/h2-4H,5H2,1H3. The molecule has 0 saturated carbocycles. The van der Waals surface area contributed by atoms with Crippen LogP contribution in [-0.2, 0) is 10.8 Å². The minimum atomic E-state index is 0.444. The molecule has 1 nitrogen and oxygen atoms in total. The van der Waals surface area contributed by atoms with Gasteiger partial charge in [-0.1, -0.05) is 29.3 Å². The molecule has 0 aliphatic carbocycles. The second-order valence-corrected chi connectivity index (χ2v) is 3.51. The van der Waals surface area contributed by atoms with Crippen LogP contribution in [0.25, 0.3) is 0 Å². The van der Waals surface area contributed by atoms with Gasteiger partial charge >= 0.3 is 0 Å². The van der Waals surface area contributed by atoms with Crippen molar-refractivity contribution in [2.75, 3.05) is 6.26 Å². The van der Waals surface area contributed by atoms with Crippen LogP contribution < -0.4 is 0 Å². The highest BCUT2D eigenvalue weighted by Gasteiger charge is 2.04. The molecule has 0 fully saturated rings. The van der Waals surface area contributed by atoms with Crippen molar-refractivity contribution in [2.24, 2.45) is 0 Å². The predicted molar refractivity (Wildman–Crippen MR) is 54.8 cm³/mol. The second kappa shape index (κ2) is 4.97. The van der Waals surface area contributed by atoms with Gasteiger partial charge in [-0.3, -0.25) is 0 Å². The maximum absolute atomic E-state index is 5.89. The first-order valence-corrected chi connectivity index (χ1v) is 5.24. The van der Waals surface area contributed by atoms with E-state index in [4.69, 9.17) is 27.4 Å². The molecule has 1 rings (SSSR count). The van der Waals surface area contributed by atoms with Crippen LogP contribution in [0.1, 0.15) is 5.56 Å². The maximum Gasteiger partial charge on any atom is 0.0893 e. The zero-order valence-electron chi connectivity index (χ0n) is 6.51. The third-order valence-electron chi connectivity index (χ3n) is 1.38. The van der Waals surface area contributed by atoms with E-state index in [0.29, 0.717) is 16.7 Å². The average Bonchev–Trinajstić information content (AvgIpc) is 2.04. The fourth-order valence-corrected chi connectivity index (χ4v) is 1.53. The highest BCUT2D eigenvalue weighted by atomic mass is 35.5. The molecule has 1 aromatic carbocycles.